The molecule has 0 amide bonds. The van der Waals surface area contributed by atoms with Crippen LogP contribution in [0.4, 0.5) is 5.82 Å². The molecule has 0 radical (unpaired) electrons. The predicted molar refractivity (Wildman–Crippen MR) is 99.0 cm³/mol. The zero-order valence-electron chi connectivity index (χ0n) is 14.6. The first kappa shape index (κ1) is 18.1. The van der Waals surface area contributed by atoms with Gasteiger partial charge in [0.05, 0.1) is 25.6 Å². The highest BCUT2D eigenvalue weighted by Gasteiger charge is 2.34. The van der Waals surface area contributed by atoms with Crippen molar-refractivity contribution in [2.75, 3.05) is 25.3 Å². The molecule has 2 atom stereocenters. The van der Waals surface area contributed by atoms with E-state index in [2.05, 4.69) is 15.0 Å². The van der Waals surface area contributed by atoms with Gasteiger partial charge in [-0.05, 0) is 5.56 Å². The Labute approximate surface area is 156 Å². The van der Waals surface area contributed by atoms with Crippen LogP contribution in [0.1, 0.15) is 18.1 Å². The molecule has 0 saturated carbocycles. The summed E-state index contributed by atoms with van der Waals surface area (Å²) in [5.74, 6) is 0.333. The molecule has 0 spiro atoms. The molecule has 0 bridgehead atoms. The molecule has 3 heterocycles. The van der Waals surface area contributed by atoms with Crippen LogP contribution in [0.25, 0.3) is 11.2 Å². The molecule has 9 nitrogen and oxygen atoms in total. The molecule has 2 aromatic heterocycles. The minimum atomic E-state index is -3.29. The zero-order valence-corrected chi connectivity index (χ0v) is 15.5. The van der Waals surface area contributed by atoms with E-state index in [1.54, 1.807) is 10.9 Å². The number of nitrogen functional groups attached to an aromatic ring is 1. The number of rotatable bonds is 6. The highest BCUT2D eigenvalue weighted by atomic mass is 31.2. The van der Waals surface area contributed by atoms with Crippen LogP contribution in [0.5, 0.6) is 0 Å². The van der Waals surface area contributed by atoms with Crippen molar-refractivity contribution >= 4 is 24.6 Å². The van der Waals surface area contributed by atoms with Gasteiger partial charge >= 0.3 is 7.60 Å². The Morgan fingerprint density at radius 3 is 2.96 bits per heavy atom. The SMILES string of the molecule is Nc1ncnc2c1ncn2CCOC[P@]1(=O)OCC[C@H](c2ccccc2)O1. The summed E-state index contributed by atoms with van der Waals surface area (Å²) in [5.41, 5.74) is 7.94. The molecule has 10 heteroatoms. The van der Waals surface area contributed by atoms with E-state index < -0.39 is 7.60 Å². The fourth-order valence-electron chi connectivity index (χ4n) is 2.94. The Morgan fingerprint density at radius 1 is 1.26 bits per heavy atom. The molecule has 142 valence electrons. The first-order valence-electron chi connectivity index (χ1n) is 8.61. The van der Waals surface area contributed by atoms with E-state index in [4.69, 9.17) is 19.5 Å². The Hall–Kier alpha value is -2.32. The molecule has 0 unspecified atom stereocenters. The molecular weight excluding hydrogens is 369 g/mol. The summed E-state index contributed by atoms with van der Waals surface area (Å²) in [6.07, 6.45) is 3.34. The summed E-state index contributed by atoms with van der Waals surface area (Å²) in [6.45, 7) is 1.17. The number of anilines is 1. The number of ether oxygens (including phenoxy) is 1. The molecule has 3 aromatic rings. The average molecular weight is 389 g/mol. The number of hydrogen-bond acceptors (Lipinski definition) is 8. The quantitative estimate of drug-likeness (QED) is 0.506. The van der Waals surface area contributed by atoms with Gasteiger partial charge in [0.1, 0.15) is 18.2 Å². The summed E-state index contributed by atoms with van der Waals surface area (Å²) in [7, 11) is -3.29. The maximum Gasteiger partial charge on any atom is 0.356 e. The lowest BCUT2D eigenvalue weighted by Gasteiger charge is -2.29. The van der Waals surface area contributed by atoms with E-state index in [1.807, 2.05) is 30.3 Å². The van der Waals surface area contributed by atoms with Gasteiger partial charge in [-0.1, -0.05) is 30.3 Å². The van der Waals surface area contributed by atoms with Crippen molar-refractivity contribution in [2.45, 2.75) is 19.1 Å². The Balaban J connectivity index is 1.33. The third-order valence-corrected chi connectivity index (χ3v) is 5.93. The van der Waals surface area contributed by atoms with E-state index in [0.717, 1.165) is 5.56 Å². The minimum absolute atomic E-state index is 0.0971. The van der Waals surface area contributed by atoms with Crippen LogP contribution in [0.3, 0.4) is 0 Å². The van der Waals surface area contributed by atoms with Gasteiger partial charge in [0.15, 0.2) is 11.5 Å². The van der Waals surface area contributed by atoms with Crippen molar-refractivity contribution in [1.29, 1.82) is 0 Å². The van der Waals surface area contributed by atoms with Crippen molar-refractivity contribution in [2.24, 2.45) is 0 Å². The Morgan fingerprint density at radius 2 is 2.11 bits per heavy atom. The summed E-state index contributed by atoms with van der Waals surface area (Å²) < 4.78 is 31.3. The van der Waals surface area contributed by atoms with Gasteiger partial charge in [0.25, 0.3) is 0 Å². The molecular formula is C17H20N5O4P. The van der Waals surface area contributed by atoms with E-state index in [1.165, 1.54) is 6.33 Å². The largest absolute Gasteiger partial charge is 0.382 e. The number of benzene rings is 1. The zero-order chi connectivity index (χ0) is 18.7. The van der Waals surface area contributed by atoms with Crippen LogP contribution in [-0.4, -0.2) is 39.1 Å². The number of fused-ring (bicyclic) bond motifs is 1. The highest BCUT2D eigenvalue weighted by Crippen LogP contribution is 2.55. The Kier molecular flexibility index (Phi) is 5.18. The second-order valence-electron chi connectivity index (χ2n) is 6.14. The van der Waals surface area contributed by atoms with Gasteiger partial charge in [0.2, 0.25) is 0 Å². The van der Waals surface area contributed by atoms with Crippen LogP contribution in [0.15, 0.2) is 43.0 Å². The molecule has 1 aromatic carbocycles. The molecule has 1 fully saturated rings. The van der Waals surface area contributed by atoms with Crippen LogP contribution >= 0.6 is 7.60 Å². The Bertz CT molecular complexity index is 964. The maximum absolute atomic E-state index is 12.8. The summed E-state index contributed by atoms with van der Waals surface area (Å²) >= 11 is 0. The van der Waals surface area contributed by atoms with Crippen molar-refractivity contribution in [3.05, 3.63) is 48.5 Å². The minimum Gasteiger partial charge on any atom is -0.382 e. The molecule has 1 aliphatic rings. The molecule has 4 rings (SSSR count). The average Bonchev–Trinajstić information content (AvgIpc) is 3.11. The second kappa shape index (κ2) is 7.74. The maximum atomic E-state index is 12.8. The lowest BCUT2D eigenvalue weighted by Crippen LogP contribution is -2.17. The summed E-state index contributed by atoms with van der Waals surface area (Å²) in [5, 5.41) is 0. The third kappa shape index (κ3) is 4.01. The predicted octanol–water partition coefficient (Wildman–Crippen LogP) is 2.75. The topological polar surface area (TPSA) is 114 Å². The standard InChI is InChI=1S/C17H20N5O4P/c18-16-15-17(20-10-19-16)22(11-21-15)7-9-24-12-27(23)25-8-6-14(26-27)13-4-2-1-3-5-13/h1-5,10-11,14H,6-9,12H2,(H2,18,19,20)/t14-,27+/m1/s1. The highest BCUT2D eigenvalue weighted by molar-refractivity contribution is 7.53. The van der Waals surface area contributed by atoms with Gasteiger partial charge < -0.3 is 19.6 Å². The number of nitrogens with zero attached hydrogens (tertiary/aromatic N) is 4. The van der Waals surface area contributed by atoms with Gasteiger partial charge in [0, 0.05) is 13.0 Å². The van der Waals surface area contributed by atoms with Gasteiger partial charge in [-0.3, -0.25) is 9.09 Å². The van der Waals surface area contributed by atoms with Crippen molar-refractivity contribution in [3.63, 3.8) is 0 Å². The van der Waals surface area contributed by atoms with Gasteiger partial charge in [-0.15, -0.1) is 0 Å². The summed E-state index contributed by atoms with van der Waals surface area (Å²) in [4.78, 5) is 12.3. The van der Waals surface area contributed by atoms with E-state index in [0.29, 0.717) is 43.2 Å². The molecule has 27 heavy (non-hydrogen) atoms. The van der Waals surface area contributed by atoms with Crippen molar-refractivity contribution in [1.82, 2.24) is 19.5 Å². The second-order valence-corrected chi connectivity index (χ2v) is 8.09. The smallest absolute Gasteiger partial charge is 0.356 e. The summed E-state index contributed by atoms with van der Waals surface area (Å²) in [6, 6.07) is 9.71. The molecule has 1 saturated heterocycles. The fourth-order valence-corrected chi connectivity index (χ4v) is 4.49. The lowest BCUT2D eigenvalue weighted by atomic mass is 10.1. The first-order valence-corrected chi connectivity index (χ1v) is 10.3. The molecule has 2 N–H and O–H groups in total. The third-order valence-electron chi connectivity index (χ3n) is 4.28. The van der Waals surface area contributed by atoms with Crippen LogP contribution < -0.4 is 5.73 Å². The van der Waals surface area contributed by atoms with Crippen LogP contribution in [0, 0.1) is 0 Å². The van der Waals surface area contributed by atoms with Gasteiger partial charge in [-0.2, -0.15) is 0 Å². The lowest BCUT2D eigenvalue weighted by molar-refractivity contribution is 0.0563. The van der Waals surface area contributed by atoms with Crippen molar-refractivity contribution in [3.8, 4) is 0 Å². The van der Waals surface area contributed by atoms with Crippen LogP contribution in [-0.2, 0) is 24.9 Å². The molecule has 0 aliphatic carbocycles. The van der Waals surface area contributed by atoms with Crippen molar-refractivity contribution < 1.29 is 18.3 Å². The first-order chi connectivity index (χ1) is 13.1. The van der Waals surface area contributed by atoms with E-state index >= 15 is 0 Å². The normalized spacial score (nSPS) is 22.9. The number of imidazole rings is 1. The van der Waals surface area contributed by atoms with E-state index in [9.17, 15) is 4.57 Å². The van der Waals surface area contributed by atoms with Gasteiger partial charge in [-0.25, -0.2) is 15.0 Å². The van der Waals surface area contributed by atoms with E-state index in [-0.39, 0.29) is 12.5 Å². The number of hydrogen-bond donors (Lipinski definition) is 1. The van der Waals surface area contributed by atoms with Crippen LogP contribution in [0.2, 0.25) is 0 Å². The number of aromatic nitrogens is 4. The fraction of sp³-hybridized carbons (Fsp3) is 0.353. The molecule has 1 aliphatic heterocycles. The number of nitrogens with two attached hydrogens (primary N) is 1. The monoisotopic (exact) mass is 389 g/mol.